The Kier molecular flexibility index (Phi) is 5.79. The van der Waals surface area contributed by atoms with Crippen molar-refractivity contribution in [2.45, 2.75) is 64.3 Å². The van der Waals surface area contributed by atoms with Crippen LogP contribution in [0.4, 0.5) is 0 Å². The SMILES string of the molecule is CC(NCCCOCC1CC1)C1CCCCC1. The molecule has 2 fully saturated rings. The van der Waals surface area contributed by atoms with E-state index in [1.807, 2.05) is 0 Å². The lowest BCUT2D eigenvalue weighted by molar-refractivity contribution is 0.120. The fourth-order valence-electron chi connectivity index (χ4n) is 2.84. The molecule has 2 aliphatic carbocycles. The van der Waals surface area contributed by atoms with Gasteiger partial charge >= 0.3 is 0 Å². The summed E-state index contributed by atoms with van der Waals surface area (Å²) in [5, 5.41) is 3.68. The summed E-state index contributed by atoms with van der Waals surface area (Å²) in [4.78, 5) is 0. The summed E-state index contributed by atoms with van der Waals surface area (Å²) in [6.07, 6.45) is 11.2. The van der Waals surface area contributed by atoms with Crippen LogP contribution >= 0.6 is 0 Å². The topological polar surface area (TPSA) is 21.3 Å². The second kappa shape index (κ2) is 7.38. The number of hydrogen-bond donors (Lipinski definition) is 1. The van der Waals surface area contributed by atoms with Crippen LogP contribution < -0.4 is 5.32 Å². The van der Waals surface area contributed by atoms with E-state index in [1.165, 1.54) is 51.4 Å². The van der Waals surface area contributed by atoms with Crippen molar-refractivity contribution < 1.29 is 4.74 Å². The monoisotopic (exact) mass is 239 g/mol. The smallest absolute Gasteiger partial charge is 0.0494 e. The van der Waals surface area contributed by atoms with Gasteiger partial charge in [-0.3, -0.25) is 0 Å². The first kappa shape index (κ1) is 13.4. The second-order valence-electron chi connectivity index (χ2n) is 6.01. The molecule has 0 bridgehead atoms. The van der Waals surface area contributed by atoms with E-state index in [4.69, 9.17) is 4.74 Å². The van der Waals surface area contributed by atoms with Crippen molar-refractivity contribution in [3.63, 3.8) is 0 Å². The molecule has 1 N–H and O–H groups in total. The summed E-state index contributed by atoms with van der Waals surface area (Å²) >= 11 is 0. The highest BCUT2D eigenvalue weighted by molar-refractivity contribution is 4.75. The molecular weight excluding hydrogens is 210 g/mol. The van der Waals surface area contributed by atoms with Crippen LogP contribution in [0.2, 0.25) is 0 Å². The summed E-state index contributed by atoms with van der Waals surface area (Å²) in [6.45, 7) is 5.45. The van der Waals surface area contributed by atoms with Gasteiger partial charge in [-0.25, -0.2) is 0 Å². The van der Waals surface area contributed by atoms with Gasteiger partial charge in [0.05, 0.1) is 0 Å². The molecule has 2 aliphatic rings. The molecule has 2 heteroatoms. The fraction of sp³-hybridized carbons (Fsp3) is 1.00. The highest BCUT2D eigenvalue weighted by atomic mass is 16.5. The first-order valence-electron chi connectivity index (χ1n) is 7.67. The molecule has 2 nitrogen and oxygen atoms in total. The number of hydrogen-bond acceptors (Lipinski definition) is 2. The number of rotatable bonds is 8. The van der Waals surface area contributed by atoms with E-state index in [-0.39, 0.29) is 0 Å². The zero-order valence-corrected chi connectivity index (χ0v) is 11.4. The molecule has 0 aromatic rings. The third kappa shape index (κ3) is 5.39. The van der Waals surface area contributed by atoms with Gasteiger partial charge in [0.25, 0.3) is 0 Å². The van der Waals surface area contributed by atoms with Gasteiger partial charge in [-0.05, 0) is 57.4 Å². The van der Waals surface area contributed by atoms with Crippen molar-refractivity contribution in [1.29, 1.82) is 0 Å². The molecule has 2 saturated carbocycles. The largest absolute Gasteiger partial charge is 0.381 e. The molecule has 2 rings (SSSR count). The van der Waals surface area contributed by atoms with Crippen LogP contribution in [-0.4, -0.2) is 25.8 Å². The number of ether oxygens (including phenoxy) is 1. The molecule has 0 spiro atoms. The minimum Gasteiger partial charge on any atom is -0.381 e. The van der Waals surface area contributed by atoms with Crippen molar-refractivity contribution in [2.24, 2.45) is 11.8 Å². The Hall–Kier alpha value is -0.0800. The van der Waals surface area contributed by atoms with Crippen LogP contribution in [0.1, 0.15) is 58.3 Å². The van der Waals surface area contributed by atoms with Crippen LogP contribution in [0.15, 0.2) is 0 Å². The summed E-state index contributed by atoms with van der Waals surface area (Å²) < 4.78 is 5.64. The van der Waals surface area contributed by atoms with Gasteiger partial charge in [-0.1, -0.05) is 19.3 Å². The van der Waals surface area contributed by atoms with Gasteiger partial charge in [0, 0.05) is 19.3 Å². The minimum absolute atomic E-state index is 0.707. The average Bonchev–Trinajstić information content (AvgIpc) is 3.18. The standard InChI is InChI=1S/C15H29NO/c1-13(15-6-3-2-4-7-15)16-10-5-11-17-12-14-8-9-14/h13-16H,2-12H2,1H3. The summed E-state index contributed by atoms with van der Waals surface area (Å²) in [5.41, 5.74) is 0. The number of nitrogens with one attached hydrogen (secondary N) is 1. The zero-order valence-electron chi connectivity index (χ0n) is 11.4. The van der Waals surface area contributed by atoms with Gasteiger partial charge < -0.3 is 10.1 Å². The van der Waals surface area contributed by atoms with Crippen molar-refractivity contribution in [3.05, 3.63) is 0 Å². The highest BCUT2D eigenvalue weighted by Gasteiger charge is 2.21. The van der Waals surface area contributed by atoms with Gasteiger partial charge in [-0.2, -0.15) is 0 Å². The van der Waals surface area contributed by atoms with E-state index < -0.39 is 0 Å². The molecule has 0 saturated heterocycles. The first-order valence-corrected chi connectivity index (χ1v) is 7.67. The van der Waals surface area contributed by atoms with Gasteiger partial charge in [0.1, 0.15) is 0 Å². The van der Waals surface area contributed by atoms with E-state index in [2.05, 4.69) is 12.2 Å². The molecule has 0 amide bonds. The quantitative estimate of drug-likeness (QED) is 0.656. The Labute approximate surface area is 107 Å². The summed E-state index contributed by atoms with van der Waals surface area (Å²) in [7, 11) is 0. The fourth-order valence-corrected chi connectivity index (χ4v) is 2.84. The van der Waals surface area contributed by atoms with Crippen molar-refractivity contribution in [1.82, 2.24) is 5.32 Å². The Morgan fingerprint density at radius 1 is 1.12 bits per heavy atom. The normalized spacial score (nSPS) is 23.8. The van der Waals surface area contributed by atoms with E-state index in [0.717, 1.165) is 31.6 Å². The summed E-state index contributed by atoms with van der Waals surface area (Å²) in [6, 6.07) is 0.707. The molecule has 1 atom stereocenters. The molecule has 100 valence electrons. The first-order chi connectivity index (χ1) is 8.36. The minimum atomic E-state index is 0.707. The van der Waals surface area contributed by atoms with Crippen LogP contribution in [0, 0.1) is 11.8 Å². The molecule has 0 aromatic carbocycles. The zero-order chi connectivity index (χ0) is 11.9. The van der Waals surface area contributed by atoms with Crippen LogP contribution in [-0.2, 0) is 4.74 Å². The van der Waals surface area contributed by atoms with Gasteiger partial charge in [0.15, 0.2) is 0 Å². The van der Waals surface area contributed by atoms with E-state index in [0.29, 0.717) is 6.04 Å². The Bertz CT molecular complexity index is 197. The van der Waals surface area contributed by atoms with Crippen LogP contribution in [0.25, 0.3) is 0 Å². The van der Waals surface area contributed by atoms with E-state index in [1.54, 1.807) is 0 Å². The molecule has 0 radical (unpaired) electrons. The molecule has 1 unspecified atom stereocenters. The van der Waals surface area contributed by atoms with Crippen molar-refractivity contribution in [2.75, 3.05) is 19.8 Å². The van der Waals surface area contributed by atoms with E-state index >= 15 is 0 Å². The average molecular weight is 239 g/mol. The molecule has 0 aliphatic heterocycles. The molecule has 0 aromatic heterocycles. The highest BCUT2D eigenvalue weighted by Crippen LogP contribution is 2.28. The van der Waals surface area contributed by atoms with Crippen molar-refractivity contribution >= 4 is 0 Å². The lowest BCUT2D eigenvalue weighted by Gasteiger charge is -2.28. The second-order valence-corrected chi connectivity index (χ2v) is 6.01. The van der Waals surface area contributed by atoms with Crippen molar-refractivity contribution in [3.8, 4) is 0 Å². The maximum absolute atomic E-state index is 5.64. The molecular formula is C15H29NO. The lowest BCUT2D eigenvalue weighted by atomic mass is 9.84. The van der Waals surface area contributed by atoms with Crippen LogP contribution in [0.3, 0.4) is 0 Å². The lowest BCUT2D eigenvalue weighted by Crippen LogP contribution is -2.35. The Morgan fingerprint density at radius 2 is 1.88 bits per heavy atom. The summed E-state index contributed by atoms with van der Waals surface area (Å²) in [5.74, 6) is 1.83. The van der Waals surface area contributed by atoms with Gasteiger partial charge in [0.2, 0.25) is 0 Å². The third-order valence-electron chi connectivity index (χ3n) is 4.34. The van der Waals surface area contributed by atoms with Gasteiger partial charge in [-0.15, -0.1) is 0 Å². The maximum atomic E-state index is 5.64. The predicted octanol–water partition coefficient (Wildman–Crippen LogP) is 3.36. The third-order valence-corrected chi connectivity index (χ3v) is 4.34. The van der Waals surface area contributed by atoms with Crippen LogP contribution in [0.5, 0.6) is 0 Å². The molecule has 17 heavy (non-hydrogen) atoms. The molecule has 0 heterocycles. The predicted molar refractivity (Wildman–Crippen MR) is 72.2 cm³/mol. The Balaban J connectivity index is 1.42. The van der Waals surface area contributed by atoms with E-state index in [9.17, 15) is 0 Å². The maximum Gasteiger partial charge on any atom is 0.0494 e. The Morgan fingerprint density at radius 3 is 2.59 bits per heavy atom.